The van der Waals surface area contributed by atoms with Crippen LogP contribution in [0.5, 0.6) is 0 Å². The van der Waals surface area contributed by atoms with Gasteiger partial charge in [0.25, 0.3) is 5.56 Å². The third-order valence-electron chi connectivity index (χ3n) is 3.64. The Bertz CT molecular complexity index is 833. The Morgan fingerprint density at radius 3 is 2.65 bits per heavy atom. The van der Waals surface area contributed by atoms with Crippen LogP contribution in [0.4, 0.5) is 4.79 Å². The summed E-state index contributed by atoms with van der Waals surface area (Å²) in [6, 6.07) is 1.61. The van der Waals surface area contributed by atoms with Gasteiger partial charge in [0.05, 0.1) is 6.54 Å². The maximum atomic E-state index is 12.0. The second-order valence-corrected chi connectivity index (χ2v) is 6.00. The van der Waals surface area contributed by atoms with Crippen LogP contribution in [-0.2, 0) is 21.7 Å². The molecule has 2 amide bonds. The maximum absolute atomic E-state index is 12.0. The molecule has 0 radical (unpaired) electrons. The summed E-state index contributed by atoms with van der Waals surface area (Å²) in [5.41, 5.74) is 0.886. The third kappa shape index (κ3) is 3.52. The van der Waals surface area contributed by atoms with Crippen molar-refractivity contribution >= 4 is 22.0 Å². The molecule has 0 aromatic carbocycles. The number of urea groups is 1. The van der Waals surface area contributed by atoms with Gasteiger partial charge in [-0.3, -0.25) is 4.79 Å². The predicted molar refractivity (Wildman–Crippen MR) is 73.0 cm³/mol. The minimum absolute atomic E-state index is 0. The predicted octanol–water partition coefficient (Wildman–Crippen LogP) is -3.72. The molecular weight excluding hydrogens is 337 g/mol. The van der Waals surface area contributed by atoms with Gasteiger partial charge in [0.1, 0.15) is 6.04 Å². The first-order chi connectivity index (χ1) is 10.3. The molecule has 23 heavy (non-hydrogen) atoms. The van der Waals surface area contributed by atoms with Crippen molar-refractivity contribution < 1.29 is 51.6 Å². The topological polar surface area (TPSA) is 112 Å². The zero-order chi connectivity index (χ0) is 16.1. The number of hydroxylamine groups is 2. The van der Waals surface area contributed by atoms with Gasteiger partial charge in [-0.15, -0.1) is 0 Å². The average Bonchev–Trinajstić information content (AvgIpc) is 2.66. The number of aryl methyl sites for hydroxylation is 1. The van der Waals surface area contributed by atoms with Crippen LogP contribution in [0.3, 0.4) is 0 Å². The van der Waals surface area contributed by atoms with Gasteiger partial charge in [-0.05, 0) is 17.2 Å². The van der Waals surface area contributed by atoms with Crippen LogP contribution in [0, 0.1) is 0 Å². The molecule has 1 unspecified atom stereocenters. The molecule has 1 aromatic rings. The van der Waals surface area contributed by atoms with Crippen molar-refractivity contribution in [3.63, 3.8) is 0 Å². The summed E-state index contributed by atoms with van der Waals surface area (Å²) >= 11 is 0. The number of hydrogen-bond donors (Lipinski definition) is 0. The Morgan fingerprint density at radius 1 is 1.35 bits per heavy atom. The molecule has 3 heterocycles. The van der Waals surface area contributed by atoms with Gasteiger partial charge in [-0.1, -0.05) is 6.08 Å². The third-order valence-corrected chi connectivity index (χ3v) is 3.98. The van der Waals surface area contributed by atoms with Crippen molar-refractivity contribution in [1.29, 1.82) is 0 Å². The maximum Gasteiger partial charge on any atom is 1.00 e. The Hall–Kier alpha value is -1.17. The fourth-order valence-electron chi connectivity index (χ4n) is 2.58. The quantitative estimate of drug-likeness (QED) is 0.315. The van der Waals surface area contributed by atoms with Crippen molar-refractivity contribution in [2.45, 2.75) is 6.04 Å². The van der Waals surface area contributed by atoms with Crippen LogP contribution in [0.15, 0.2) is 29.2 Å². The van der Waals surface area contributed by atoms with Gasteiger partial charge >= 0.3 is 35.6 Å². The molecule has 0 N–H and O–H groups in total. The van der Waals surface area contributed by atoms with E-state index in [1.165, 1.54) is 15.5 Å². The second kappa shape index (κ2) is 6.38. The number of pyridine rings is 1. The molecule has 0 saturated carbocycles. The molecule has 3 rings (SSSR count). The van der Waals surface area contributed by atoms with Crippen molar-refractivity contribution in [3.05, 3.63) is 40.3 Å². The minimum Gasteiger partial charge on any atom is -0.724 e. The van der Waals surface area contributed by atoms with Crippen molar-refractivity contribution in [1.82, 2.24) is 14.5 Å². The van der Waals surface area contributed by atoms with E-state index in [1.54, 1.807) is 25.4 Å². The molecule has 0 aliphatic carbocycles. The normalized spacial score (nSPS) is 20.3. The summed E-state index contributed by atoms with van der Waals surface area (Å²) in [5.74, 6) is 0. The Morgan fingerprint density at radius 2 is 2.04 bits per heavy atom. The van der Waals surface area contributed by atoms with Crippen LogP contribution < -0.4 is 35.1 Å². The van der Waals surface area contributed by atoms with E-state index in [2.05, 4.69) is 4.28 Å². The van der Waals surface area contributed by atoms with Gasteiger partial charge in [0.2, 0.25) is 10.4 Å². The molecule has 1 saturated heterocycles. The van der Waals surface area contributed by atoms with Gasteiger partial charge in [-0.25, -0.2) is 13.2 Å². The smallest absolute Gasteiger partial charge is 0.724 e. The molecule has 2 aliphatic heterocycles. The van der Waals surface area contributed by atoms with Gasteiger partial charge in [0.15, 0.2) is 0 Å². The molecular formula is C12H12N3NaO6S. The van der Waals surface area contributed by atoms with Crippen LogP contribution in [-0.4, -0.2) is 52.7 Å². The van der Waals surface area contributed by atoms with Crippen molar-refractivity contribution in [3.8, 4) is 0 Å². The molecule has 118 valence electrons. The van der Waals surface area contributed by atoms with Crippen molar-refractivity contribution in [2.75, 3.05) is 13.1 Å². The van der Waals surface area contributed by atoms with E-state index in [0.29, 0.717) is 16.2 Å². The number of fused-ring (bicyclic) bond motifs is 2. The standard InChI is InChI=1S/C12H13N3O6S.Na/c1-13-4-2-8(6-11(13)16)9-3-5-14-7-10(9)15(12(14)17)21-22(18,19)20;/h2-4,6,10H,5,7H2,1H3,(H,18,19,20);/q;+1/p-1. The minimum atomic E-state index is -5.06. The molecule has 1 aromatic heterocycles. The van der Waals surface area contributed by atoms with E-state index in [4.69, 9.17) is 0 Å². The monoisotopic (exact) mass is 349 g/mol. The number of aromatic nitrogens is 1. The van der Waals surface area contributed by atoms with E-state index in [-0.39, 0.29) is 48.2 Å². The summed E-state index contributed by atoms with van der Waals surface area (Å²) in [6.45, 7) is 0.439. The van der Waals surface area contributed by atoms with E-state index in [1.807, 2.05) is 0 Å². The number of amides is 2. The number of rotatable bonds is 3. The average molecular weight is 349 g/mol. The van der Waals surface area contributed by atoms with Crippen LogP contribution >= 0.6 is 0 Å². The molecule has 0 spiro atoms. The first kappa shape index (κ1) is 18.2. The summed E-state index contributed by atoms with van der Waals surface area (Å²) in [4.78, 5) is 25.1. The summed E-state index contributed by atoms with van der Waals surface area (Å²) in [5, 5.41) is 0.554. The number of carbonyl (C=O) groups excluding carboxylic acids is 1. The van der Waals surface area contributed by atoms with E-state index in [0.717, 1.165) is 0 Å². The van der Waals surface area contributed by atoms with Gasteiger partial charge < -0.3 is 14.0 Å². The summed E-state index contributed by atoms with van der Waals surface area (Å²) in [6.07, 6.45) is 3.28. The zero-order valence-electron chi connectivity index (χ0n) is 12.5. The Labute approximate surface area is 154 Å². The molecule has 9 nitrogen and oxygen atoms in total. The zero-order valence-corrected chi connectivity index (χ0v) is 15.3. The number of hydrogen-bond acceptors (Lipinski definition) is 6. The molecule has 1 atom stereocenters. The first-order valence-electron chi connectivity index (χ1n) is 6.37. The number of carbonyl (C=O) groups is 1. The summed E-state index contributed by atoms with van der Waals surface area (Å²) in [7, 11) is -3.47. The fraction of sp³-hybridized carbons (Fsp3) is 0.333. The second-order valence-electron chi connectivity index (χ2n) is 5.04. The van der Waals surface area contributed by atoms with Crippen LogP contribution in [0.25, 0.3) is 5.57 Å². The van der Waals surface area contributed by atoms with E-state index < -0.39 is 22.5 Å². The largest absolute Gasteiger partial charge is 1.00 e. The molecule has 1 fully saturated rings. The first-order valence-corrected chi connectivity index (χ1v) is 7.70. The van der Waals surface area contributed by atoms with E-state index in [9.17, 15) is 22.6 Å². The van der Waals surface area contributed by atoms with E-state index >= 15 is 0 Å². The summed E-state index contributed by atoms with van der Waals surface area (Å²) < 4.78 is 38.1. The van der Waals surface area contributed by atoms with Gasteiger partial charge in [0, 0.05) is 25.9 Å². The Balaban J connectivity index is 0.00000192. The molecule has 2 aliphatic rings. The molecule has 11 heteroatoms. The molecule has 2 bridgehead atoms. The Kier molecular flexibility index (Phi) is 5.04. The van der Waals surface area contributed by atoms with Crippen LogP contribution in [0.2, 0.25) is 0 Å². The van der Waals surface area contributed by atoms with Crippen LogP contribution in [0.1, 0.15) is 5.56 Å². The van der Waals surface area contributed by atoms with Gasteiger partial charge in [-0.2, -0.15) is 9.35 Å². The SMILES string of the molecule is Cn1ccc(C2=CCN3CC2N(OS(=O)(=O)[O-])C3=O)cc1=O.[Na+]. The number of nitrogens with zero attached hydrogens (tertiary/aromatic N) is 3. The fourth-order valence-corrected chi connectivity index (χ4v) is 2.94. The van der Waals surface area contributed by atoms with Crippen molar-refractivity contribution in [2.24, 2.45) is 7.05 Å².